The molecule has 2 saturated heterocycles. The highest BCUT2D eigenvalue weighted by Crippen LogP contribution is 2.04. The fraction of sp³-hybridized carbons (Fsp3) is 1.00. The van der Waals surface area contributed by atoms with Crippen LogP contribution in [0.2, 0.25) is 0 Å². The second kappa shape index (κ2) is 1.50. The Balaban J connectivity index is 1.76. The Labute approximate surface area is 47.4 Å². The van der Waals surface area contributed by atoms with Crippen molar-refractivity contribution in [3.05, 3.63) is 0 Å². The molecule has 0 spiro atoms. The predicted molar refractivity (Wildman–Crippen MR) is 28.4 cm³/mol. The summed E-state index contributed by atoms with van der Waals surface area (Å²) in [6.07, 6.45) is 0.690. The minimum atomic E-state index is 0.345. The van der Waals surface area contributed by atoms with Gasteiger partial charge in [0.1, 0.15) is 12.3 Å². The lowest BCUT2D eigenvalue weighted by Gasteiger charge is -1.76. The average Bonchev–Trinajstić information content (AvgIpc) is 2.60. The molecule has 2 N–H and O–H groups in total. The van der Waals surface area contributed by atoms with Gasteiger partial charge in [0.15, 0.2) is 0 Å². The van der Waals surface area contributed by atoms with E-state index in [9.17, 15) is 0 Å². The standard InChI is InChI=1S/C4H8N4/c1-3(5-1)7-8-4-2-6-4/h3-6H,1-2H2. The van der Waals surface area contributed by atoms with E-state index in [1.54, 1.807) is 0 Å². The van der Waals surface area contributed by atoms with E-state index in [4.69, 9.17) is 0 Å². The lowest BCUT2D eigenvalue weighted by molar-refractivity contribution is 0.823. The lowest BCUT2D eigenvalue weighted by Crippen LogP contribution is -1.85. The summed E-state index contributed by atoms with van der Waals surface area (Å²) < 4.78 is 0. The van der Waals surface area contributed by atoms with E-state index < -0.39 is 0 Å². The van der Waals surface area contributed by atoms with Gasteiger partial charge in [-0.05, 0) is 0 Å². The number of hydrogen-bond acceptors (Lipinski definition) is 4. The Kier molecular flexibility index (Phi) is 0.824. The molecule has 0 aromatic carbocycles. The maximum Gasteiger partial charge on any atom is 0.133 e. The monoisotopic (exact) mass is 112 g/mol. The van der Waals surface area contributed by atoms with E-state index in [0.717, 1.165) is 13.1 Å². The molecule has 8 heavy (non-hydrogen) atoms. The minimum Gasteiger partial charge on any atom is -0.290 e. The van der Waals surface area contributed by atoms with Gasteiger partial charge in [0.05, 0.1) is 0 Å². The van der Waals surface area contributed by atoms with Crippen LogP contribution in [0.4, 0.5) is 0 Å². The molecule has 0 saturated carbocycles. The van der Waals surface area contributed by atoms with Crippen LogP contribution >= 0.6 is 0 Å². The summed E-state index contributed by atoms with van der Waals surface area (Å²) in [7, 11) is 0. The highest BCUT2D eigenvalue weighted by molar-refractivity contribution is 4.83. The second-order valence-electron chi connectivity index (χ2n) is 2.08. The molecule has 4 nitrogen and oxygen atoms in total. The Bertz CT molecular complexity index is 99.2. The quantitative estimate of drug-likeness (QED) is 0.366. The van der Waals surface area contributed by atoms with E-state index in [-0.39, 0.29) is 0 Å². The zero-order valence-corrected chi connectivity index (χ0v) is 4.46. The van der Waals surface area contributed by atoms with Gasteiger partial charge in [-0.15, -0.1) is 0 Å². The average molecular weight is 112 g/mol. The summed E-state index contributed by atoms with van der Waals surface area (Å²) >= 11 is 0. The van der Waals surface area contributed by atoms with Crippen LogP contribution in [0, 0.1) is 0 Å². The first-order chi connectivity index (χ1) is 3.95. The number of rotatable bonds is 2. The fourth-order valence-electron chi connectivity index (χ4n) is 0.430. The van der Waals surface area contributed by atoms with Crippen molar-refractivity contribution in [1.82, 2.24) is 10.6 Å². The summed E-state index contributed by atoms with van der Waals surface area (Å²) in [5.41, 5.74) is 0. The Morgan fingerprint density at radius 2 is 1.38 bits per heavy atom. The molecule has 0 amide bonds. The molecule has 4 heteroatoms. The summed E-state index contributed by atoms with van der Waals surface area (Å²) in [4.78, 5) is 0. The van der Waals surface area contributed by atoms with Crippen molar-refractivity contribution in [2.75, 3.05) is 13.1 Å². The van der Waals surface area contributed by atoms with Crippen LogP contribution in [-0.4, -0.2) is 25.4 Å². The van der Waals surface area contributed by atoms with E-state index in [1.165, 1.54) is 0 Å². The van der Waals surface area contributed by atoms with Crippen molar-refractivity contribution in [2.24, 2.45) is 10.2 Å². The van der Waals surface area contributed by atoms with Crippen molar-refractivity contribution in [3.63, 3.8) is 0 Å². The first kappa shape index (κ1) is 4.40. The van der Waals surface area contributed by atoms with Gasteiger partial charge in [0, 0.05) is 13.1 Å². The largest absolute Gasteiger partial charge is 0.290 e. The topological polar surface area (TPSA) is 68.6 Å². The van der Waals surface area contributed by atoms with Crippen molar-refractivity contribution >= 4 is 0 Å². The Morgan fingerprint density at radius 3 is 1.62 bits per heavy atom. The van der Waals surface area contributed by atoms with Gasteiger partial charge in [-0.1, -0.05) is 0 Å². The van der Waals surface area contributed by atoms with Crippen molar-refractivity contribution in [2.45, 2.75) is 12.3 Å². The molecule has 0 aliphatic carbocycles. The summed E-state index contributed by atoms with van der Waals surface area (Å²) in [6.45, 7) is 2.02. The third-order valence-electron chi connectivity index (χ3n) is 1.12. The third kappa shape index (κ3) is 1.02. The highest BCUT2D eigenvalue weighted by atomic mass is 15.4. The highest BCUT2D eigenvalue weighted by Gasteiger charge is 2.22. The van der Waals surface area contributed by atoms with Crippen LogP contribution < -0.4 is 10.6 Å². The molecule has 2 aliphatic heterocycles. The SMILES string of the molecule is C1NC1N=NC1CN1. The Morgan fingerprint density at radius 1 is 1.00 bits per heavy atom. The van der Waals surface area contributed by atoms with E-state index in [2.05, 4.69) is 20.9 Å². The first-order valence-electron chi connectivity index (χ1n) is 2.82. The van der Waals surface area contributed by atoms with Crippen molar-refractivity contribution < 1.29 is 0 Å². The minimum absolute atomic E-state index is 0.345. The third-order valence-corrected chi connectivity index (χ3v) is 1.12. The molecule has 2 aliphatic rings. The molecule has 2 rings (SSSR count). The molecule has 2 unspecified atom stereocenters. The molecule has 0 radical (unpaired) electrons. The normalized spacial score (nSPS) is 43.0. The molecule has 2 heterocycles. The lowest BCUT2D eigenvalue weighted by atomic mass is 10.8. The first-order valence-corrected chi connectivity index (χ1v) is 2.82. The summed E-state index contributed by atoms with van der Waals surface area (Å²) in [6, 6.07) is 0. The number of nitrogens with zero attached hydrogens (tertiary/aromatic N) is 2. The maximum atomic E-state index is 3.95. The smallest absolute Gasteiger partial charge is 0.133 e. The van der Waals surface area contributed by atoms with Crippen LogP contribution in [0.15, 0.2) is 10.2 Å². The maximum absolute atomic E-state index is 3.95. The summed E-state index contributed by atoms with van der Waals surface area (Å²) in [5.74, 6) is 0. The predicted octanol–water partition coefficient (Wildman–Crippen LogP) is -0.703. The Hall–Kier alpha value is -0.480. The summed E-state index contributed by atoms with van der Waals surface area (Å²) in [5, 5.41) is 14.0. The molecule has 44 valence electrons. The molecular formula is C4H8N4. The van der Waals surface area contributed by atoms with Gasteiger partial charge in [-0.25, -0.2) is 0 Å². The van der Waals surface area contributed by atoms with Gasteiger partial charge in [-0.3, -0.25) is 10.6 Å². The van der Waals surface area contributed by atoms with Crippen LogP contribution in [0.1, 0.15) is 0 Å². The zero-order valence-electron chi connectivity index (χ0n) is 4.46. The number of hydrogen-bond donors (Lipinski definition) is 2. The molecule has 0 bridgehead atoms. The molecule has 0 aromatic heterocycles. The number of azo groups is 1. The van der Waals surface area contributed by atoms with Gasteiger partial charge in [0.25, 0.3) is 0 Å². The fourth-order valence-corrected chi connectivity index (χ4v) is 0.430. The van der Waals surface area contributed by atoms with Gasteiger partial charge in [-0.2, -0.15) is 10.2 Å². The molecule has 0 aromatic rings. The van der Waals surface area contributed by atoms with Crippen molar-refractivity contribution in [1.29, 1.82) is 0 Å². The van der Waals surface area contributed by atoms with Gasteiger partial charge < -0.3 is 0 Å². The molecular weight excluding hydrogens is 104 g/mol. The van der Waals surface area contributed by atoms with Crippen LogP contribution in [0.5, 0.6) is 0 Å². The van der Waals surface area contributed by atoms with E-state index in [1.807, 2.05) is 0 Å². The molecule has 2 atom stereocenters. The zero-order chi connectivity index (χ0) is 5.40. The van der Waals surface area contributed by atoms with Crippen LogP contribution in [0.25, 0.3) is 0 Å². The van der Waals surface area contributed by atoms with E-state index >= 15 is 0 Å². The number of nitrogens with one attached hydrogen (secondary N) is 2. The van der Waals surface area contributed by atoms with Crippen LogP contribution in [0.3, 0.4) is 0 Å². The van der Waals surface area contributed by atoms with Crippen molar-refractivity contribution in [3.8, 4) is 0 Å². The van der Waals surface area contributed by atoms with Gasteiger partial charge in [0.2, 0.25) is 0 Å². The van der Waals surface area contributed by atoms with E-state index in [0.29, 0.717) is 12.3 Å². The van der Waals surface area contributed by atoms with Gasteiger partial charge >= 0.3 is 0 Å². The van der Waals surface area contributed by atoms with Crippen LogP contribution in [-0.2, 0) is 0 Å². The second-order valence-corrected chi connectivity index (χ2v) is 2.08. The molecule has 2 fully saturated rings.